The lowest BCUT2D eigenvalue weighted by atomic mass is 10.0. The molecule has 4 heteroatoms. The molecule has 0 aliphatic carbocycles. The number of likely N-dealkylation sites (N-methyl/N-ethyl adjacent to an activating group) is 1. The number of carboxylic acid groups (broad SMARTS) is 1. The van der Waals surface area contributed by atoms with Crippen LogP contribution in [0.2, 0.25) is 0 Å². The van der Waals surface area contributed by atoms with Gasteiger partial charge in [0.1, 0.15) is 0 Å². The average Bonchev–Trinajstić information content (AvgIpc) is 2.48. The Balaban J connectivity index is 2.52. The van der Waals surface area contributed by atoms with Crippen molar-refractivity contribution in [2.45, 2.75) is 46.7 Å². The van der Waals surface area contributed by atoms with Gasteiger partial charge in [0, 0.05) is 19.1 Å². The summed E-state index contributed by atoms with van der Waals surface area (Å²) >= 11 is 0. The Kier molecular flexibility index (Phi) is 8.13. The molecule has 0 heterocycles. The largest absolute Gasteiger partial charge is 0.478 e. The molecule has 4 nitrogen and oxygen atoms in total. The molecule has 22 heavy (non-hydrogen) atoms. The quantitative estimate of drug-likeness (QED) is 0.697. The van der Waals surface area contributed by atoms with Crippen LogP contribution in [-0.4, -0.2) is 41.7 Å². The Morgan fingerprint density at radius 3 is 2.23 bits per heavy atom. The predicted octanol–water partition coefficient (Wildman–Crippen LogP) is 3.23. The van der Waals surface area contributed by atoms with E-state index in [2.05, 4.69) is 37.9 Å². The third-order valence-electron chi connectivity index (χ3n) is 3.98. The van der Waals surface area contributed by atoms with Gasteiger partial charge in [0.25, 0.3) is 0 Å². The maximum Gasteiger partial charge on any atom is 0.335 e. The number of carbonyl (C=O) groups is 1. The van der Waals surface area contributed by atoms with Gasteiger partial charge in [-0.25, -0.2) is 4.79 Å². The van der Waals surface area contributed by atoms with Crippen LogP contribution in [0, 0.1) is 5.92 Å². The van der Waals surface area contributed by atoms with Crippen molar-refractivity contribution in [3.63, 3.8) is 0 Å². The van der Waals surface area contributed by atoms with Crippen molar-refractivity contribution in [2.24, 2.45) is 5.92 Å². The summed E-state index contributed by atoms with van der Waals surface area (Å²) in [6.45, 7) is 12.8. The molecule has 1 aromatic carbocycles. The zero-order valence-electron chi connectivity index (χ0n) is 14.3. The van der Waals surface area contributed by atoms with Crippen LogP contribution in [0.15, 0.2) is 24.3 Å². The fraction of sp³-hybridized carbons (Fsp3) is 0.611. The molecule has 0 saturated heterocycles. The summed E-state index contributed by atoms with van der Waals surface area (Å²) in [5.41, 5.74) is 1.46. The van der Waals surface area contributed by atoms with E-state index in [1.54, 1.807) is 12.1 Å². The number of aromatic carboxylic acids is 1. The molecule has 0 bridgehead atoms. The van der Waals surface area contributed by atoms with Crippen molar-refractivity contribution in [1.82, 2.24) is 10.2 Å². The van der Waals surface area contributed by atoms with E-state index in [4.69, 9.17) is 5.11 Å². The Labute approximate surface area is 134 Å². The number of hydrogen-bond acceptors (Lipinski definition) is 3. The summed E-state index contributed by atoms with van der Waals surface area (Å²) in [6, 6.07) is 7.63. The lowest BCUT2D eigenvalue weighted by molar-refractivity contribution is 0.0697. The van der Waals surface area contributed by atoms with Crippen LogP contribution >= 0.6 is 0 Å². The van der Waals surface area contributed by atoms with Gasteiger partial charge in [-0.15, -0.1) is 0 Å². The van der Waals surface area contributed by atoms with E-state index in [-0.39, 0.29) is 0 Å². The van der Waals surface area contributed by atoms with Crippen LogP contribution in [0.1, 0.15) is 50.0 Å². The van der Waals surface area contributed by atoms with Crippen LogP contribution in [0.3, 0.4) is 0 Å². The number of carboxylic acids is 1. The van der Waals surface area contributed by atoms with Gasteiger partial charge in [0.05, 0.1) is 5.56 Å². The molecule has 1 atom stereocenters. The third-order valence-corrected chi connectivity index (χ3v) is 3.98. The molecule has 1 aromatic rings. The molecule has 0 aliphatic heterocycles. The van der Waals surface area contributed by atoms with Crippen LogP contribution in [-0.2, 0) is 6.54 Å². The smallest absolute Gasteiger partial charge is 0.335 e. The van der Waals surface area contributed by atoms with E-state index in [0.29, 0.717) is 17.5 Å². The summed E-state index contributed by atoms with van der Waals surface area (Å²) in [7, 11) is 0. The minimum absolute atomic E-state index is 0.338. The first-order valence-electron chi connectivity index (χ1n) is 8.24. The fourth-order valence-electron chi connectivity index (χ4n) is 2.79. The van der Waals surface area contributed by atoms with Gasteiger partial charge < -0.3 is 10.4 Å². The highest BCUT2D eigenvalue weighted by Gasteiger charge is 2.16. The number of hydrogen-bond donors (Lipinski definition) is 2. The molecule has 0 fully saturated rings. The van der Waals surface area contributed by atoms with Crippen molar-refractivity contribution in [2.75, 3.05) is 19.6 Å². The molecule has 124 valence electrons. The van der Waals surface area contributed by atoms with Crippen molar-refractivity contribution >= 4 is 5.97 Å². The first kappa shape index (κ1) is 18.7. The Morgan fingerprint density at radius 2 is 1.77 bits per heavy atom. The molecule has 1 unspecified atom stereocenters. The standard InChI is InChI=1S/C18H30N2O2/c1-5-20(6-2)17(11-14(3)4)13-19-12-15-7-9-16(10-8-15)18(21)22/h7-10,14,17,19H,5-6,11-13H2,1-4H3,(H,21,22). The molecule has 0 aromatic heterocycles. The van der Waals surface area contributed by atoms with Gasteiger partial charge in [-0.05, 0) is 43.1 Å². The molecule has 0 aliphatic rings. The van der Waals surface area contributed by atoms with E-state index in [0.717, 1.165) is 31.7 Å². The topological polar surface area (TPSA) is 52.6 Å². The molecule has 0 radical (unpaired) electrons. The third kappa shape index (κ3) is 6.16. The summed E-state index contributed by atoms with van der Waals surface area (Å²) < 4.78 is 0. The van der Waals surface area contributed by atoms with Crippen molar-refractivity contribution in [3.05, 3.63) is 35.4 Å². The maximum atomic E-state index is 10.8. The first-order chi connectivity index (χ1) is 10.5. The van der Waals surface area contributed by atoms with E-state index in [9.17, 15) is 4.79 Å². The Hall–Kier alpha value is -1.39. The molecule has 1 rings (SSSR count). The van der Waals surface area contributed by atoms with Gasteiger partial charge in [0.15, 0.2) is 0 Å². The summed E-state index contributed by atoms with van der Waals surface area (Å²) in [5.74, 6) is -0.194. The minimum Gasteiger partial charge on any atom is -0.478 e. The van der Waals surface area contributed by atoms with Gasteiger partial charge in [-0.3, -0.25) is 4.90 Å². The lowest BCUT2D eigenvalue weighted by Gasteiger charge is -2.31. The van der Waals surface area contributed by atoms with Crippen molar-refractivity contribution in [1.29, 1.82) is 0 Å². The van der Waals surface area contributed by atoms with Crippen LogP contribution in [0.4, 0.5) is 0 Å². The minimum atomic E-state index is -0.877. The van der Waals surface area contributed by atoms with Crippen LogP contribution in [0.25, 0.3) is 0 Å². The summed E-state index contributed by atoms with van der Waals surface area (Å²) in [4.78, 5) is 13.3. The van der Waals surface area contributed by atoms with Crippen LogP contribution in [0.5, 0.6) is 0 Å². The highest BCUT2D eigenvalue weighted by atomic mass is 16.4. The fourth-order valence-corrected chi connectivity index (χ4v) is 2.79. The normalized spacial score (nSPS) is 12.8. The number of nitrogens with zero attached hydrogens (tertiary/aromatic N) is 1. The second-order valence-electron chi connectivity index (χ2n) is 6.14. The van der Waals surface area contributed by atoms with Crippen LogP contribution < -0.4 is 5.32 Å². The molecule has 2 N–H and O–H groups in total. The highest BCUT2D eigenvalue weighted by Crippen LogP contribution is 2.11. The molecule has 0 saturated carbocycles. The van der Waals surface area contributed by atoms with E-state index in [1.165, 1.54) is 6.42 Å². The number of rotatable bonds is 10. The van der Waals surface area contributed by atoms with Gasteiger partial charge in [-0.2, -0.15) is 0 Å². The van der Waals surface area contributed by atoms with Gasteiger partial charge in [0.2, 0.25) is 0 Å². The lowest BCUT2D eigenvalue weighted by Crippen LogP contribution is -2.42. The zero-order valence-corrected chi connectivity index (χ0v) is 14.3. The number of benzene rings is 1. The summed E-state index contributed by atoms with van der Waals surface area (Å²) in [6.07, 6.45) is 1.19. The molecular formula is C18H30N2O2. The second-order valence-corrected chi connectivity index (χ2v) is 6.14. The Morgan fingerprint density at radius 1 is 1.18 bits per heavy atom. The zero-order chi connectivity index (χ0) is 16.5. The number of nitrogens with one attached hydrogen (secondary N) is 1. The van der Waals surface area contributed by atoms with E-state index in [1.807, 2.05) is 12.1 Å². The molecular weight excluding hydrogens is 276 g/mol. The van der Waals surface area contributed by atoms with E-state index < -0.39 is 5.97 Å². The molecule has 0 amide bonds. The monoisotopic (exact) mass is 306 g/mol. The SMILES string of the molecule is CCN(CC)C(CNCc1ccc(C(=O)O)cc1)CC(C)C. The maximum absolute atomic E-state index is 10.8. The average molecular weight is 306 g/mol. The van der Waals surface area contributed by atoms with Crippen molar-refractivity contribution in [3.8, 4) is 0 Å². The molecule has 0 spiro atoms. The van der Waals surface area contributed by atoms with Crippen molar-refractivity contribution < 1.29 is 9.90 Å². The highest BCUT2D eigenvalue weighted by molar-refractivity contribution is 5.87. The van der Waals surface area contributed by atoms with Gasteiger partial charge in [-0.1, -0.05) is 39.8 Å². The Bertz CT molecular complexity index is 439. The predicted molar refractivity (Wildman–Crippen MR) is 91.3 cm³/mol. The summed E-state index contributed by atoms with van der Waals surface area (Å²) in [5, 5.41) is 12.4. The van der Waals surface area contributed by atoms with Gasteiger partial charge >= 0.3 is 5.97 Å². The second kappa shape index (κ2) is 9.59. The first-order valence-corrected chi connectivity index (χ1v) is 8.24. The van der Waals surface area contributed by atoms with E-state index >= 15 is 0 Å².